The molecule has 0 aliphatic heterocycles. The van der Waals surface area contributed by atoms with Gasteiger partial charge in [0.05, 0.1) is 0 Å². The summed E-state index contributed by atoms with van der Waals surface area (Å²) in [6.45, 7) is 13.5. The Kier molecular flexibility index (Phi) is 5.72. The van der Waals surface area contributed by atoms with Gasteiger partial charge in [0, 0.05) is 12.0 Å². The van der Waals surface area contributed by atoms with Crippen LogP contribution in [0.3, 0.4) is 0 Å². The Morgan fingerprint density at radius 3 is 1.96 bits per heavy atom. The molecular formula is C21H38FNO. The minimum atomic E-state index is -1.06. The van der Waals surface area contributed by atoms with Gasteiger partial charge in [0.15, 0.2) is 0 Å². The lowest BCUT2D eigenvalue weighted by Crippen LogP contribution is -2.49. The first-order valence-corrected chi connectivity index (χ1v) is 9.96. The van der Waals surface area contributed by atoms with E-state index in [2.05, 4.69) is 39.9 Å². The highest BCUT2D eigenvalue weighted by Gasteiger charge is 2.46. The van der Waals surface area contributed by atoms with Crippen LogP contribution in [0.25, 0.3) is 0 Å². The fraction of sp³-hybridized carbons (Fsp3) is 0.952. The van der Waals surface area contributed by atoms with Crippen LogP contribution in [-0.2, 0) is 4.79 Å². The summed E-state index contributed by atoms with van der Waals surface area (Å²) >= 11 is 0. The van der Waals surface area contributed by atoms with E-state index in [-0.39, 0.29) is 11.8 Å². The highest BCUT2D eigenvalue weighted by Crippen LogP contribution is 2.54. The zero-order valence-electron chi connectivity index (χ0n) is 16.7. The van der Waals surface area contributed by atoms with Crippen LogP contribution in [-0.4, -0.2) is 17.6 Å². The standard InChI is InChI=1S/C21H38FNO/c1-15(2)21(19(3,4)5)13-9-17(10-14-21)23-18(24)16-7-11-20(6,22)12-8-16/h15-17H,7-14H2,1-6H3,(H,23,24). The van der Waals surface area contributed by atoms with Gasteiger partial charge in [0.1, 0.15) is 5.67 Å². The van der Waals surface area contributed by atoms with Crippen LogP contribution < -0.4 is 5.32 Å². The van der Waals surface area contributed by atoms with Crippen molar-refractivity contribution in [3.63, 3.8) is 0 Å². The molecule has 0 aromatic rings. The van der Waals surface area contributed by atoms with E-state index in [0.29, 0.717) is 48.5 Å². The molecule has 2 aliphatic rings. The van der Waals surface area contributed by atoms with Crippen LogP contribution in [0.4, 0.5) is 4.39 Å². The van der Waals surface area contributed by atoms with E-state index < -0.39 is 5.67 Å². The van der Waals surface area contributed by atoms with Crippen molar-refractivity contribution in [2.24, 2.45) is 22.7 Å². The van der Waals surface area contributed by atoms with Crippen molar-refractivity contribution in [1.29, 1.82) is 0 Å². The maximum absolute atomic E-state index is 13.9. The van der Waals surface area contributed by atoms with E-state index in [1.54, 1.807) is 6.92 Å². The Morgan fingerprint density at radius 1 is 1.04 bits per heavy atom. The first-order valence-electron chi connectivity index (χ1n) is 9.96. The Labute approximate surface area is 148 Å². The lowest BCUT2D eigenvalue weighted by molar-refractivity contribution is -0.128. The number of carbonyl (C=O) groups is 1. The van der Waals surface area contributed by atoms with E-state index in [9.17, 15) is 9.18 Å². The van der Waals surface area contributed by atoms with Gasteiger partial charge in [-0.1, -0.05) is 34.6 Å². The van der Waals surface area contributed by atoms with Gasteiger partial charge >= 0.3 is 0 Å². The molecule has 0 aromatic carbocycles. The van der Waals surface area contributed by atoms with Gasteiger partial charge in [-0.15, -0.1) is 0 Å². The number of hydrogen-bond acceptors (Lipinski definition) is 1. The Hall–Kier alpha value is -0.600. The number of carbonyl (C=O) groups excluding carboxylic acids is 1. The van der Waals surface area contributed by atoms with Gasteiger partial charge in [-0.3, -0.25) is 4.79 Å². The smallest absolute Gasteiger partial charge is 0.223 e. The second kappa shape index (κ2) is 6.96. The summed E-state index contributed by atoms with van der Waals surface area (Å²) in [7, 11) is 0. The van der Waals surface area contributed by atoms with Crippen molar-refractivity contribution >= 4 is 5.91 Å². The average molecular weight is 340 g/mol. The van der Waals surface area contributed by atoms with Crippen LogP contribution in [0.15, 0.2) is 0 Å². The largest absolute Gasteiger partial charge is 0.353 e. The molecule has 0 bridgehead atoms. The van der Waals surface area contributed by atoms with Gasteiger partial charge < -0.3 is 5.32 Å². The maximum Gasteiger partial charge on any atom is 0.223 e. The minimum absolute atomic E-state index is 0.0215. The summed E-state index contributed by atoms with van der Waals surface area (Å²) < 4.78 is 13.9. The van der Waals surface area contributed by atoms with Gasteiger partial charge in [-0.25, -0.2) is 4.39 Å². The highest BCUT2D eigenvalue weighted by molar-refractivity contribution is 5.79. The maximum atomic E-state index is 13.9. The monoisotopic (exact) mass is 339 g/mol. The summed E-state index contributed by atoms with van der Waals surface area (Å²) in [5.74, 6) is 0.853. The van der Waals surface area contributed by atoms with Gasteiger partial charge in [0.25, 0.3) is 0 Å². The molecule has 1 amide bonds. The molecule has 0 atom stereocenters. The zero-order chi connectivity index (χ0) is 18.2. The van der Waals surface area contributed by atoms with E-state index >= 15 is 0 Å². The van der Waals surface area contributed by atoms with Crippen LogP contribution in [0.2, 0.25) is 0 Å². The number of nitrogens with one attached hydrogen (secondary N) is 1. The van der Waals surface area contributed by atoms with Crippen molar-refractivity contribution in [2.75, 3.05) is 0 Å². The van der Waals surface area contributed by atoms with Crippen molar-refractivity contribution in [3.8, 4) is 0 Å². The summed E-state index contributed by atoms with van der Waals surface area (Å²) in [5, 5.41) is 3.28. The predicted octanol–water partition coefficient (Wildman–Crippen LogP) is 5.65. The van der Waals surface area contributed by atoms with E-state index in [1.165, 1.54) is 12.8 Å². The first-order chi connectivity index (χ1) is 11.0. The number of amides is 1. The summed E-state index contributed by atoms with van der Waals surface area (Å²) in [6.07, 6.45) is 6.97. The SMILES string of the molecule is CC(C)C1(C(C)(C)C)CCC(NC(=O)C2CCC(C)(F)CC2)CC1. The fourth-order valence-corrected chi connectivity index (χ4v) is 5.27. The van der Waals surface area contributed by atoms with Crippen LogP contribution >= 0.6 is 0 Å². The van der Waals surface area contributed by atoms with E-state index in [4.69, 9.17) is 0 Å². The second-order valence-electron chi connectivity index (χ2n) is 10.0. The molecule has 24 heavy (non-hydrogen) atoms. The fourth-order valence-electron chi connectivity index (χ4n) is 5.27. The third kappa shape index (κ3) is 4.14. The van der Waals surface area contributed by atoms with Crippen LogP contribution in [0, 0.1) is 22.7 Å². The van der Waals surface area contributed by atoms with Crippen LogP contribution in [0.1, 0.15) is 92.9 Å². The number of halogens is 1. The Bertz CT molecular complexity index is 431. The summed E-state index contributed by atoms with van der Waals surface area (Å²) in [4.78, 5) is 12.5. The van der Waals surface area contributed by atoms with Crippen molar-refractivity contribution < 1.29 is 9.18 Å². The van der Waals surface area contributed by atoms with Crippen molar-refractivity contribution in [3.05, 3.63) is 0 Å². The third-order valence-electron chi connectivity index (χ3n) is 7.22. The molecule has 1 N–H and O–H groups in total. The van der Waals surface area contributed by atoms with E-state index in [1.807, 2.05) is 0 Å². The molecule has 2 rings (SSSR count). The number of rotatable bonds is 3. The summed E-state index contributed by atoms with van der Waals surface area (Å²) in [6, 6.07) is 0.311. The molecule has 0 spiro atoms. The number of hydrogen-bond donors (Lipinski definition) is 1. The Morgan fingerprint density at radius 2 is 1.54 bits per heavy atom. The highest BCUT2D eigenvalue weighted by atomic mass is 19.1. The molecule has 0 aromatic heterocycles. The molecule has 0 saturated heterocycles. The molecule has 0 heterocycles. The van der Waals surface area contributed by atoms with Crippen molar-refractivity contribution in [1.82, 2.24) is 5.32 Å². The molecule has 3 heteroatoms. The number of alkyl halides is 1. The molecule has 140 valence electrons. The molecule has 0 unspecified atom stereocenters. The quantitative estimate of drug-likeness (QED) is 0.707. The molecular weight excluding hydrogens is 301 g/mol. The van der Waals surface area contributed by atoms with Crippen molar-refractivity contribution in [2.45, 2.75) is 105 Å². The average Bonchev–Trinajstić information content (AvgIpc) is 2.46. The molecule has 2 saturated carbocycles. The molecule has 2 nitrogen and oxygen atoms in total. The predicted molar refractivity (Wildman–Crippen MR) is 98.6 cm³/mol. The van der Waals surface area contributed by atoms with Gasteiger partial charge in [-0.05, 0) is 75.0 Å². The third-order valence-corrected chi connectivity index (χ3v) is 7.22. The lowest BCUT2D eigenvalue weighted by atomic mass is 9.54. The molecule has 0 radical (unpaired) electrons. The summed E-state index contributed by atoms with van der Waals surface area (Å²) in [5.41, 5.74) is -0.397. The van der Waals surface area contributed by atoms with Gasteiger partial charge in [0.2, 0.25) is 5.91 Å². The van der Waals surface area contributed by atoms with E-state index in [0.717, 1.165) is 12.8 Å². The first kappa shape index (κ1) is 19.7. The normalized spacial score (nSPS) is 38.2. The topological polar surface area (TPSA) is 29.1 Å². The molecule has 2 fully saturated rings. The molecule has 2 aliphatic carbocycles. The van der Waals surface area contributed by atoms with Crippen LogP contribution in [0.5, 0.6) is 0 Å². The van der Waals surface area contributed by atoms with Gasteiger partial charge in [-0.2, -0.15) is 0 Å². The Balaban J connectivity index is 1.88. The lowest BCUT2D eigenvalue weighted by Gasteiger charge is -2.52. The zero-order valence-corrected chi connectivity index (χ0v) is 16.7. The minimum Gasteiger partial charge on any atom is -0.353 e. The second-order valence-corrected chi connectivity index (χ2v) is 10.0.